The third kappa shape index (κ3) is 1.97. The highest BCUT2D eigenvalue weighted by atomic mass is 16.7. The van der Waals surface area contributed by atoms with Gasteiger partial charge in [0.1, 0.15) is 18.3 Å². The Morgan fingerprint density at radius 3 is 2.31 bits per heavy atom. The first-order valence-electron chi connectivity index (χ1n) is 3.78. The number of hydrogen-bond donors (Lipinski definition) is 5. The maximum atomic E-state index is 9.30. The second kappa shape index (κ2) is 4.29. The second-order valence-corrected chi connectivity index (χ2v) is 2.83. The van der Waals surface area contributed by atoms with Gasteiger partial charge in [-0.1, -0.05) is 0 Å². The smallest absolute Gasteiger partial charge is 0.186 e. The number of ether oxygens (including phenoxy) is 1. The second-order valence-electron chi connectivity index (χ2n) is 2.83. The molecular formula is C6H13NO6. The van der Waals surface area contributed by atoms with Crippen molar-refractivity contribution in [1.82, 2.24) is 0 Å². The average molecular weight is 195 g/mol. The third-order valence-corrected chi connectivity index (χ3v) is 2.00. The predicted molar refractivity (Wildman–Crippen MR) is 39.0 cm³/mol. The molecule has 1 rings (SSSR count). The van der Waals surface area contributed by atoms with E-state index >= 15 is 0 Å². The lowest BCUT2D eigenvalue weighted by atomic mass is 9.99. The molecular weight excluding hydrogens is 182 g/mol. The van der Waals surface area contributed by atoms with Gasteiger partial charge in [0.25, 0.3) is 0 Å². The highest BCUT2D eigenvalue weighted by Crippen LogP contribution is 2.20. The highest BCUT2D eigenvalue weighted by molar-refractivity contribution is 4.88. The molecule has 6 N–H and O–H groups in total. The van der Waals surface area contributed by atoms with Gasteiger partial charge in [0.2, 0.25) is 0 Å². The summed E-state index contributed by atoms with van der Waals surface area (Å²) in [6, 6.07) is 0. The Bertz CT molecular complexity index is 167. The minimum absolute atomic E-state index is 0.507. The van der Waals surface area contributed by atoms with Gasteiger partial charge >= 0.3 is 0 Å². The van der Waals surface area contributed by atoms with Crippen LogP contribution in [0.2, 0.25) is 0 Å². The van der Waals surface area contributed by atoms with Crippen LogP contribution in [0.5, 0.6) is 0 Å². The van der Waals surface area contributed by atoms with Gasteiger partial charge in [-0.05, 0) is 0 Å². The van der Waals surface area contributed by atoms with Crippen molar-refractivity contribution in [2.45, 2.75) is 30.7 Å². The molecule has 0 aromatic heterocycles. The number of aliphatic hydroxyl groups excluding tert-OH is 4. The van der Waals surface area contributed by atoms with Crippen molar-refractivity contribution in [1.29, 1.82) is 0 Å². The predicted octanol–water partition coefficient (Wildman–Crippen LogP) is -3.32. The van der Waals surface area contributed by atoms with Crippen molar-refractivity contribution >= 4 is 0 Å². The molecule has 1 saturated heterocycles. The fourth-order valence-corrected chi connectivity index (χ4v) is 1.22. The first kappa shape index (κ1) is 10.8. The molecule has 0 amide bonds. The normalized spacial score (nSPS) is 46.4. The van der Waals surface area contributed by atoms with Crippen molar-refractivity contribution in [3.05, 3.63) is 0 Å². The van der Waals surface area contributed by atoms with E-state index in [0.717, 1.165) is 0 Å². The van der Waals surface area contributed by atoms with Crippen molar-refractivity contribution < 1.29 is 30.0 Å². The summed E-state index contributed by atoms with van der Waals surface area (Å²) in [6.07, 6.45) is -6.41. The van der Waals surface area contributed by atoms with E-state index in [9.17, 15) is 10.2 Å². The molecule has 0 aromatic rings. The van der Waals surface area contributed by atoms with Crippen LogP contribution in [0, 0.1) is 0 Å². The van der Waals surface area contributed by atoms with Crippen LogP contribution in [0.4, 0.5) is 0 Å². The SMILES string of the molecule is NO[C@H]1C(O)O[C@H](CO)[C@@H](O)[C@@H]1O. The quantitative estimate of drug-likeness (QED) is 0.292. The van der Waals surface area contributed by atoms with E-state index in [2.05, 4.69) is 4.84 Å². The molecule has 0 aliphatic carbocycles. The molecule has 1 fully saturated rings. The van der Waals surface area contributed by atoms with Crippen LogP contribution in [0.25, 0.3) is 0 Å². The Kier molecular flexibility index (Phi) is 3.56. The molecule has 0 saturated carbocycles. The summed E-state index contributed by atoms with van der Waals surface area (Å²) >= 11 is 0. The summed E-state index contributed by atoms with van der Waals surface area (Å²) in [5, 5.41) is 36.4. The summed E-state index contributed by atoms with van der Waals surface area (Å²) < 4.78 is 4.71. The molecule has 1 aliphatic rings. The van der Waals surface area contributed by atoms with Crippen LogP contribution in [-0.4, -0.2) is 57.7 Å². The molecule has 78 valence electrons. The van der Waals surface area contributed by atoms with E-state index in [4.69, 9.17) is 20.8 Å². The Labute approximate surface area is 74.3 Å². The van der Waals surface area contributed by atoms with E-state index in [1.807, 2.05) is 0 Å². The van der Waals surface area contributed by atoms with Crippen LogP contribution < -0.4 is 5.90 Å². The number of rotatable bonds is 2. The molecule has 7 nitrogen and oxygen atoms in total. The third-order valence-electron chi connectivity index (χ3n) is 2.00. The minimum atomic E-state index is -1.46. The van der Waals surface area contributed by atoms with Crippen LogP contribution in [0.1, 0.15) is 0 Å². The first-order chi connectivity index (χ1) is 6.11. The maximum Gasteiger partial charge on any atom is 0.186 e. The molecule has 5 atom stereocenters. The monoisotopic (exact) mass is 195 g/mol. The van der Waals surface area contributed by atoms with E-state index in [-0.39, 0.29) is 0 Å². The average Bonchev–Trinajstić information content (AvgIpc) is 2.12. The van der Waals surface area contributed by atoms with Crippen molar-refractivity contribution in [2.75, 3.05) is 6.61 Å². The van der Waals surface area contributed by atoms with Gasteiger partial charge in [0, 0.05) is 0 Å². The summed E-state index contributed by atoms with van der Waals surface area (Å²) in [5.41, 5.74) is 0. The number of hydrogen-bond acceptors (Lipinski definition) is 7. The van der Waals surface area contributed by atoms with Crippen LogP contribution in [-0.2, 0) is 9.57 Å². The molecule has 1 unspecified atom stereocenters. The molecule has 0 radical (unpaired) electrons. The minimum Gasteiger partial charge on any atom is -0.394 e. The van der Waals surface area contributed by atoms with Gasteiger partial charge in [-0.2, -0.15) is 0 Å². The zero-order valence-corrected chi connectivity index (χ0v) is 6.78. The van der Waals surface area contributed by atoms with E-state index in [1.165, 1.54) is 0 Å². The van der Waals surface area contributed by atoms with Gasteiger partial charge in [-0.3, -0.25) is 4.84 Å². The molecule has 7 heteroatoms. The lowest BCUT2D eigenvalue weighted by Crippen LogP contribution is -2.59. The van der Waals surface area contributed by atoms with Crippen molar-refractivity contribution in [3.63, 3.8) is 0 Å². The molecule has 0 spiro atoms. The topological polar surface area (TPSA) is 125 Å². The largest absolute Gasteiger partial charge is 0.394 e. The molecule has 0 bridgehead atoms. The van der Waals surface area contributed by atoms with Crippen LogP contribution >= 0.6 is 0 Å². The summed E-state index contributed by atoms with van der Waals surface area (Å²) in [5.74, 6) is 4.76. The Morgan fingerprint density at radius 2 is 1.85 bits per heavy atom. The van der Waals surface area contributed by atoms with E-state index in [0.29, 0.717) is 0 Å². The van der Waals surface area contributed by atoms with Gasteiger partial charge < -0.3 is 25.2 Å². The summed E-state index contributed by atoms with van der Waals surface area (Å²) in [7, 11) is 0. The summed E-state index contributed by atoms with van der Waals surface area (Å²) in [6.45, 7) is -0.507. The lowest BCUT2D eigenvalue weighted by Gasteiger charge is -2.38. The number of aliphatic hydroxyl groups is 4. The first-order valence-corrected chi connectivity index (χ1v) is 3.78. The Balaban J connectivity index is 2.66. The van der Waals surface area contributed by atoms with Gasteiger partial charge in [0.15, 0.2) is 12.4 Å². The zero-order chi connectivity index (χ0) is 10.0. The zero-order valence-electron chi connectivity index (χ0n) is 6.78. The van der Waals surface area contributed by atoms with E-state index in [1.54, 1.807) is 0 Å². The fraction of sp³-hybridized carbons (Fsp3) is 1.00. The van der Waals surface area contributed by atoms with E-state index < -0.39 is 37.3 Å². The fourth-order valence-electron chi connectivity index (χ4n) is 1.22. The molecule has 1 heterocycles. The Hall–Kier alpha value is -0.280. The van der Waals surface area contributed by atoms with Crippen molar-refractivity contribution in [3.8, 4) is 0 Å². The highest BCUT2D eigenvalue weighted by Gasteiger charge is 2.44. The van der Waals surface area contributed by atoms with Gasteiger partial charge in [-0.25, -0.2) is 5.90 Å². The van der Waals surface area contributed by atoms with Gasteiger partial charge in [0.05, 0.1) is 6.61 Å². The van der Waals surface area contributed by atoms with Crippen LogP contribution in [0.15, 0.2) is 0 Å². The molecule has 1 aliphatic heterocycles. The standard InChI is InChI=1S/C6H13NO6/c7-13-5-4(10)3(9)2(1-8)12-6(5)11/h2-6,8-11H,1,7H2/t2-,3-,4+,5-,6?/m1/s1. The maximum absolute atomic E-state index is 9.30. The van der Waals surface area contributed by atoms with Crippen molar-refractivity contribution in [2.24, 2.45) is 5.90 Å². The van der Waals surface area contributed by atoms with Crippen LogP contribution in [0.3, 0.4) is 0 Å². The van der Waals surface area contributed by atoms with Gasteiger partial charge in [-0.15, -0.1) is 0 Å². The molecule has 0 aromatic carbocycles. The number of nitrogens with two attached hydrogens (primary N) is 1. The lowest BCUT2D eigenvalue weighted by molar-refractivity contribution is -0.297. The molecule has 13 heavy (non-hydrogen) atoms. The summed E-state index contributed by atoms with van der Waals surface area (Å²) in [4.78, 5) is 4.21. The Morgan fingerprint density at radius 1 is 1.23 bits per heavy atom.